The van der Waals surface area contributed by atoms with E-state index in [1.807, 2.05) is 19.1 Å². The fourth-order valence-corrected chi connectivity index (χ4v) is 3.58. The van der Waals surface area contributed by atoms with Crippen molar-refractivity contribution in [2.45, 2.75) is 20.8 Å². The maximum atomic E-state index is 13.2. The van der Waals surface area contributed by atoms with E-state index in [2.05, 4.69) is 0 Å². The molecular weight excluding hydrogens is 344 g/mol. The van der Waals surface area contributed by atoms with Crippen molar-refractivity contribution >= 4 is 27.6 Å². The van der Waals surface area contributed by atoms with Gasteiger partial charge in [-0.1, -0.05) is 23.8 Å². The monoisotopic (exact) mass is 362 g/mol. The van der Waals surface area contributed by atoms with Gasteiger partial charge in [0.05, 0.1) is 34.2 Å². The first-order chi connectivity index (χ1) is 13.0. The summed E-state index contributed by atoms with van der Waals surface area (Å²) >= 11 is 0. The fraction of sp³-hybridized carbons (Fsp3) is 0.190. The van der Waals surface area contributed by atoms with Gasteiger partial charge >= 0.3 is 5.97 Å². The number of carbonyl (C=O) groups is 1. The third-order valence-electron chi connectivity index (χ3n) is 4.78. The van der Waals surface area contributed by atoms with Crippen molar-refractivity contribution in [3.8, 4) is 0 Å². The number of carbonyl (C=O) groups excluding carboxylic acids is 1. The molecule has 2 aromatic heterocycles. The van der Waals surface area contributed by atoms with Gasteiger partial charge in [-0.25, -0.2) is 13.8 Å². The van der Waals surface area contributed by atoms with Crippen LogP contribution in [0.25, 0.3) is 21.7 Å². The van der Waals surface area contributed by atoms with Gasteiger partial charge in [0.25, 0.3) is 11.1 Å². The van der Waals surface area contributed by atoms with Crippen LogP contribution in [0, 0.1) is 13.8 Å². The van der Waals surface area contributed by atoms with E-state index in [1.54, 1.807) is 44.2 Å². The molecule has 136 valence electrons. The van der Waals surface area contributed by atoms with Crippen LogP contribution in [-0.4, -0.2) is 21.6 Å². The Labute approximate surface area is 154 Å². The number of esters is 1. The summed E-state index contributed by atoms with van der Waals surface area (Å²) in [6, 6.07) is 12.1. The molecule has 0 radical (unpaired) electrons. The number of aryl methyl sites for hydroxylation is 2. The van der Waals surface area contributed by atoms with Gasteiger partial charge in [0.1, 0.15) is 0 Å². The molecule has 4 rings (SSSR count). The maximum Gasteiger partial charge on any atom is 0.340 e. The van der Waals surface area contributed by atoms with E-state index in [4.69, 9.17) is 4.74 Å². The summed E-state index contributed by atoms with van der Waals surface area (Å²) in [6.45, 7) is 5.51. The smallest absolute Gasteiger partial charge is 0.340 e. The lowest BCUT2D eigenvalue weighted by Gasteiger charge is -2.17. The molecule has 0 saturated heterocycles. The minimum Gasteiger partial charge on any atom is -0.462 e. The summed E-state index contributed by atoms with van der Waals surface area (Å²) in [7, 11) is 0. The van der Waals surface area contributed by atoms with Crippen molar-refractivity contribution in [1.29, 1.82) is 0 Å². The van der Waals surface area contributed by atoms with E-state index < -0.39 is 5.97 Å². The molecule has 0 unspecified atom stereocenters. The van der Waals surface area contributed by atoms with Gasteiger partial charge in [-0.3, -0.25) is 9.59 Å². The summed E-state index contributed by atoms with van der Waals surface area (Å²) in [5, 5.41) is 1.25. The highest BCUT2D eigenvalue weighted by molar-refractivity contribution is 6.04. The molecule has 0 atom stereocenters. The van der Waals surface area contributed by atoms with E-state index in [0.717, 1.165) is 5.56 Å². The van der Waals surface area contributed by atoms with Crippen molar-refractivity contribution < 1.29 is 9.53 Å². The molecule has 2 aromatic carbocycles. The van der Waals surface area contributed by atoms with Crippen LogP contribution in [0.4, 0.5) is 0 Å². The molecule has 6 nitrogen and oxygen atoms in total. The van der Waals surface area contributed by atoms with Gasteiger partial charge < -0.3 is 4.74 Å². The van der Waals surface area contributed by atoms with Gasteiger partial charge in [-0.15, -0.1) is 0 Å². The second-order valence-corrected chi connectivity index (χ2v) is 6.48. The predicted molar refractivity (Wildman–Crippen MR) is 104 cm³/mol. The van der Waals surface area contributed by atoms with E-state index >= 15 is 0 Å². The molecule has 0 saturated carbocycles. The lowest BCUT2D eigenvalue weighted by atomic mass is 10.0. The molecule has 0 fully saturated rings. The van der Waals surface area contributed by atoms with Gasteiger partial charge in [-0.2, -0.15) is 0 Å². The zero-order valence-electron chi connectivity index (χ0n) is 15.3. The number of hydrogen-bond acceptors (Lipinski definition) is 4. The van der Waals surface area contributed by atoms with E-state index in [9.17, 15) is 14.4 Å². The normalized spacial score (nSPS) is 11.4. The van der Waals surface area contributed by atoms with Crippen LogP contribution in [-0.2, 0) is 4.74 Å². The lowest BCUT2D eigenvalue weighted by Crippen LogP contribution is -2.33. The molecule has 27 heavy (non-hydrogen) atoms. The molecule has 0 amide bonds. The Morgan fingerprint density at radius 1 is 0.926 bits per heavy atom. The first-order valence-electron chi connectivity index (χ1n) is 8.72. The summed E-state index contributed by atoms with van der Waals surface area (Å²) in [6.07, 6.45) is 0. The van der Waals surface area contributed by atoms with Crippen LogP contribution in [0.15, 0.2) is 52.1 Å². The summed E-state index contributed by atoms with van der Waals surface area (Å²) < 4.78 is 7.84. The van der Waals surface area contributed by atoms with E-state index in [-0.39, 0.29) is 17.7 Å². The number of benzene rings is 2. The van der Waals surface area contributed by atoms with Gasteiger partial charge in [0.15, 0.2) is 0 Å². The maximum absolute atomic E-state index is 13.2. The van der Waals surface area contributed by atoms with Crippen LogP contribution >= 0.6 is 0 Å². The second-order valence-electron chi connectivity index (χ2n) is 6.48. The third-order valence-corrected chi connectivity index (χ3v) is 4.78. The predicted octanol–water partition coefficient (Wildman–Crippen LogP) is 2.86. The molecule has 2 heterocycles. The quantitative estimate of drug-likeness (QED) is 0.312. The Morgan fingerprint density at radius 2 is 1.56 bits per heavy atom. The van der Waals surface area contributed by atoms with Crippen LogP contribution in [0.1, 0.15) is 28.5 Å². The van der Waals surface area contributed by atoms with Crippen LogP contribution in [0.5, 0.6) is 0 Å². The van der Waals surface area contributed by atoms with E-state index in [1.165, 1.54) is 9.03 Å². The number of aromatic nitrogens is 2. The topological polar surface area (TPSA) is 69.3 Å². The largest absolute Gasteiger partial charge is 0.462 e. The van der Waals surface area contributed by atoms with Crippen molar-refractivity contribution in [2.75, 3.05) is 6.61 Å². The minimum absolute atomic E-state index is 0.218. The summed E-state index contributed by atoms with van der Waals surface area (Å²) in [5.74, 6) is -0.513. The molecule has 0 aliphatic heterocycles. The minimum atomic E-state index is -0.513. The number of ether oxygens (including phenoxy) is 1. The van der Waals surface area contributed by atoms with Crippen LogP contribution in [0.3, 0.4) is 0 Å². The zero-order valence-corrected chi connectivity index (χ0v) is 15.3. The summed E-state index contributed by atoms with van der Waals surface area (Å²) in [4.78, 5) is 39.0. The lowest BCUT2D eigenvalue weighted by molar-refractivity contribution is 0.0526. The zero-order chi connectivity index (χ0) is 19.3. The van der Waals surface area contributed by atoms with Crippen molar-refractivity contribution in [1.82, 2.24) is 9.03 Å². The SMILES string of the molecule is CCOC(=O)c1c(C)n2c(=O)c3ccccc3c(=O)n2c2ccc(C)cc12. The molecular formula is C21H18N2O4. The number of fused-ring (bicyclic) bond motifs is 4. The highest BCUT2D eigenvalue weighted by atomic mass is 16.5. The summed E-state index contributed by atoms with van der Waals surface area (Å²) in [5.41, 5.74) is 1.44. The first kappa shape index (κ1) is 17.0. The number of rotatable bonds is 2. The standard InChI is InChI=1S/C21H18N2O4/c1-4-27-21(26)18-13(3)22-19(24)14-7-5-6-8-15(14)20(25)23(22)17-10-9-12(2)11-16(17)18/h5-11H,4H2,1-3H3. The molecule has 0 aliphatic rings. The van der Waals surface area contributed by atoms with Gasteiger partial charge in [0.2, 0.25) is 0 Å². The van der Waals surface area contributed by atoms with Crippen LogP contribution in [0.2, 0.25) is 0 Å². The molecule has 0 bridgehead atoms. The van der Waals surface area contributed by atoms with Gasteiger partial charge in [-0.05, 0) is 45.0 Å². The second kappa shape index (κ2) is 6.09. The molecule has 6 heteroatoms. The molecule has 0 aliphatic carbocycles. The van der Waals surface area contributed by atoms with Crippen molar-refractivity contribution in [3.63, 3.8) is 0 Å². The highest BCUT2D eigenvalue weighted by Gasteiger charge is 2.22. The Kier molecular flexibility index (Phi) is 3.84. The number of hydrogen-bond donors (Lipinski definition) is 0. The number of nitrogens with zero attached hydrogens (tertiary/aromatic N) is 2. The van der Waals surface area contributed by atoms with Gasteiger partial charge in [0, 0.05) is 5.39 Å². The van der Waals surface area contributed by atoms with Crippen molar-refractivity contribution in [2.24, 2.45) is 0 Å². The molecule has 0 N–H and O–H groups in total. The fourth-order valence-electron chi connectivity index (χ4n) is 3.58. The Bertz CT molecular complexity index is 1360. The first-order valence-corrected chi connectivity index (χ1v) is 8.72. The van der Waals surface area contributed by atoms with E-state index in [0.29, 0.717) is 32.9 Å². The van der Waals surface area contributed by atoms with Crippen LogP contribution < -0.4 is 11.1 Å². The molecule has 0 spiro atoms. The average molecular weight is 362 g/mol. The highest BCUT2D eigenvalue weighted by Crippen LogP contribution is 2.23. The third kappa shape index (κ3) is 2.37. The average Bonchev–Trinajstić information content (AvgIpc) is 2.65. The Morgan fingerprint density at radius 3 is 2.19 bits per heavy atom. The Hall–Kier alpha value is -3.41. The molecule has 4 aromatic rings. The Balaban J connectivity index is 2.37. The van der Waals surface area contributed by atoms with Crippen molar-refractivity contribution in [3.05, 3.63) is 80.0 Å².